The Morgan fingerprint density at radius 3 is 2.93 bits per heavy atom. The summed E-state index contributed by atoms with van der Waals surface area (Å²) in [5, 5.41) is 3.48. The molecule has 0 saturated carbocycles. The van der Waals surface area contributed by atoms with Gasteiger partial charge in [0.2, 0.25) is 0 Å². The fourth-order valence-electron chi connectivity index (χ4n) is 2.12. The zero-order valence-electron chi connectivity index (χ0n) is 8.62. The summed E-state index contributed by atoms with van der Waals surface area (Å²) in [6.07, 6.45) is 4.81. The summed E-state index contributed by atoms with van der Waals surface area (Å²) in [4.78, 5) is 1.45. The van der Waals surface area contributed by atoms with Crippen molar-refractivity contribution in [1.29, 1.82) is 0 Å². The first-order chi connectivity index (χ1) is 6.92. The average molecular weight is 207 g/mol. The Morgan fingerprint density at radius 2 is 2.21 bits per heavy atom. The van der Waals surface area contributed by atoms with Crippen LogP contribution in [0.1, 0.15) is 24.3 Å². The molecule has 76 valence electrons. The molecular weight excluding hydrogens is 190 g/mol. The molecule has 0 aromatic heterocycles. The van der Waals surface area contributed by atoms with Gasteiger partial charge in [-0.3, -0.25) is 0 Å². The van der Waals surface area contributed by atoms with E-state index in [0.29, 0.717) is 0 Å². The molecule has 1 nitrogen and oxygen atoms in total. The quantitative estimate of drug-likeness (QED) is 0.748. The second kappa shape index (κ2) is 4.85. The minimum Gasteiger partial charge on any atom is -0.316 e. The third-order valence-electron chi connectivity index (χ3n) is 2.88. The fraction of sp³-hybridized carbons (Fsp3) is 0.500. The van der Waals surface area contributed by atoms with E-state index in [4.69, 9.17) is 0 Å². The molecule has 1 N–H and O–H groups in total. The molecule has 1 aromatic rings. The largest absolute Gasteiger partial charge is 0.316 e. The highest BCUT2D eigenvalue weighted by Crippen LogP contribution is 2.30. The predicted molar refractivity (Wildman–Crippen MR) is 63.1 cm³/mol. The summed E-state index contributed by atoms with van der Waals surface area (Å²) >= 11 is 1.86. The number of piperidine rings is 1. The Hall–Kier alpha value is -0.470. The SMILES string of the molecule is CSc1ccccc1C1CCCNC1. The lowest BCUT2D eigenvalue weighted by atomic mass is 9.92. The second-order valence-electron chi connectivity index (χ2n) is 3.79. The zero-order chi connectivity index (χ0) is 9.80. The van der Waals surface area contributed by atoms with Crippen LogP contribution in [0.2, 0.25) is 0 Å². The van der Waals surface area contributed by atoms with E-state index in [1.807, 2.05) is 11.8 Å². The van der Waals surface area contributed by atoms with Gasteiger partial charge in [-0.15, -0.1) is 11.8 Å². The van der Waals surface area contributed by atoms with Gasteiger partial charge in [-0.05, 0) is 43.2 Å². The lowest BCUT2D eigenvalue weighted by Crippen LogP contribution is -2.28. The molecule has 1 atom stereocenters. The van der Waals surface area contributed by atoms with Gasteiger partial charge in [-0.2, -0.15) is 0 Å². The lowest BCUT2D eigenvalue weighted by Gasteiger charge is -2.24. The number of benzene rings is 1. The van der Waals surface area contributed by atoms with Crippen molar-refractivity contribution in [3.63, 3.8) is 0 Å². The highest BCUT2D eigenvalue weighted by atomic mass is 32.2. The first kappa shape index (κ1) is 10.1. The van der Waals surface area contributed by atoms with Crippen LogP contribution in [0, 0.1) is 0 Å². The van der Waals surface area contributed by atoms with Crippen molar-refractivity contribution in [2.24, 2.45) is 0 Å². The number of rotatable bonds is 2. The standard InChI is InChI=1S/C12H17NS/c1-14-12-7-3-2-6-11(12)10-5-4-8-13-9-10/h2-3,6-7,10,13H,4-5,8-9H2,1H3. The first-order valence-corrected chi connectivity index (χ1v) is 6.48. The molecule has 1 heterocycles. The van der Waals surface area contributed by atoms with Crippen LogP contribution in [0.3, 0.4) is 0 Å². The Morgan fingerprint density at radius 1 is 1.36 bits per heavy atom. The van der Waals surface area contributed by atoms with Gasteiger partial charge in [0.1, 0.15) is 0 Å². The first-order valence-electron chi connectivity index (χ1n) is 5.25. The highest BCUT2D eigenvalue weighted by Gasteiger charge is 2.17. The van der Waals surface area contributed by atoms with Gasteiger partial charge in [0.05, 0.1) is 0 Å². The Bertz CT molecular complexity index is 292. The number of thioether (sulfide) groups is 1. The van der Waals surface area contributed by atoms with Crippen molar-refractivity contribution >= 4 is 11.8 Å². The van der Waals surface area contributed by atoms with Gasteiger partial charge in [-0.25, -0.2) is 0 Å². The van der Waals surface area contributed by atoms with Crippen molar-refractivity contribution in [2.75, 3.05) is 19.3 Å². The van der Waals surface area contributed by atoms with Crippen LogP contribution in [-0.2, 0) is 0 Å². The van der Waals surface area contributed by atoms with Crippen LogP contribution < -0.4 is 5.32 Å². The molecule has 0 bridgehead atoms. The van der Waals surface area contributed by atoms with Crippen molar-refractivity contribution < 1.29 is 0 Å². The van der Waals surface area contributed by atoms with E-state index in [-0.39, 0.29) is 0 Å². The minimum atomic E-state index is 0.729. The number of nitrogens with one attached hydrogen (secondary N) is 1. The monoisotopic (exact) mass is 207 g/mol. The maximum Gasteiger partial charge on any atom is 0.0104 e. The summed E-state index contributed by atoms with van der Waals surface area (Å²) in [6.45, 7) is 2.34. The molecule has 14 heavy (non-hydrogen) atoms. The van der Waals surface area contributed by atoms with Gasteiger partial charge in [-0.1, -0.05) is 18.2 Å². The summed E-state index contributed by atoms with van der Waals surface area (Å²) < 4.78 is 0. The van der Waals surface area contributed by atoms with Gasteiger partial charge in [0.25, 0.3) is 0 Å². The predicted octanol–water partition coefficient (Wildman–Crippen LogP) is 2.88. The van der Waals surface area contributed by atoms with E-state index in [0.717, 1.165) is 12.5 Å². The molecular formula is C12H17NS. The van der Waals surface area contributed by atoms with Crippen LogP contribution in [0.4, 0.5) is 0 Å². The molecule has 1 aromatic carbocycles. The van der Waals surface area contributed by atoms with Crippen LogP contribution in [0.5, 0.6) is 0 Å². The van der Waals surface area contributed by atoms with Crippen LogP contribution >= 0.6 is 11.8 Å². The topological polar surface area (TPSA) is 12.0 Å². The summed E-state index contributed by atoms with van der Waals surface area (Å²) in [5.74, 6) is 0.729. The maximum atomic E-state index is 3.48. The molecule has 0 spiro atoms. The Balaban J connectivity index is 2.20. The van der Waals surface area contributed by atoms with E-state index in [1.54, 1.807) is 0 Å². The molecule has 1 aliphatic rings. The molecule has 1 saturated heterocycles. The average Bonchev–Trinajstić information content (AvgIpc) is 2.30. The van der Waals surface area contributed by atoms with Crippen molar-refractivity contribution in [1.82, 2.24) is 5.32 Å². The van der Waals surface area contributed by atoms with Gasteiger partial charge in [0, 0.05) is 11.4 Å². The Labute approximate surface area is 90.3 Å². The third-order valence-corrected chi connectivity index (χ3v) is 3.69. The summed E-state index contributed by atoms with van der Waals surface area (Å²) in [6, 6.07) is 8.80. The molecule has 0 aliphatic carbocycles. The highest BCUT2D eigenvalue weighted by molar-refractivity contribution is 7.98. The van der Waals surface area contributed by atoms with E-state index in [2.05, 4.69) is 35.8 Å². The Kier molecular flexibility index (Phi) is 3.49. The second-order valence-corrected chi connectivity index (χ2v) is 4.63. The molecule has 0 amide bonds. The van der Waals surface area contributed by atoms with E-state index in [9.17, 15) is 0 Å². The molecule has 1 fully saturated rings. The molecule has 1 unspecified atom stereocenters. The summed E-state index contributed by atoms with van der Waals surface area (Å²) in [7, 11) is 0. The van der Waals surface area contributed by atoms with E-state index < -0.39 is 0 Å². The zero-order valence-corrected chi connectivity index (χ0v) is 9.44. The minimum absolute atomic E-state index is 0.729. The molecule has 1 aliphatic heterocycles. The van der Waals surface area contributed by atoms with Gasteiger partial charge in [0.15, 0.2) is 0 Å². The van der Waals surface area contributed by atoms with E-state index in [1.165, 1.54) is 29.8 Å². The molecule has 2 rings (SSSR count). The van der Waals surface area contributed by atoms with Crippen LogP contribution in [-0.4, -0.2) is 19.3 Å². The smallest absolute Gasteiger partial charge is 0.0104 e. The van der Waals surface area contributed by atoms with Crippen molar-refractivity contribution in [3.8, 4) is 0 Å². The number of hydrogen-bond donors (Lipinski definition) is 1. The third kappa shape index (κ3) is 2.12. The van der Waals surface area contributed by atoms with Crippen molar-refractivity contribution in [3.05, 3.63) is 29.8 Å². The van der Waals surface area contributed by atoms with E-state index >= 15 is 0 Å². The van der Waals surface area contributed by atoms with Crippen LogP contribution in [0.25, 0.3) is 0 Å². The number of hydrogen-bond acceptors (Lipinski definition) is 2. The summed E-state index contributed by atoms with van der Waals surface area (Å²) in [5.41, 5.74) is 1.53. The fourth-order valence-corrected chi connectivity index (χ4v) is 2.81. The lowest BCUT2D eigenvalue weighted by molar-refractivity contribution is 0.457. The molecule has 0 radical (unpaired) electrons. The van der Waals surface area contributed by atoms with Crippen molar-refractivity contribution in [2.45, 2.75) is 23.7 Å². The van der Waals surface area contributed by atoms with Gasteiger partial charge < -0.3 is 5.32 Å². The van der Waals surface area contributed by atoms with Gasteiger partial charge >= 0.3 is 0 Å². The maximum absolute atomic E-state index is 3.48. The van der Waals surface area contributed by atoms with Crippen LogP contribution in [0.15, 0.2) is 29.2 Å². The molecule has 2 heteroatoms. The normalized spacial score (nSPS) is 22.2.